The molecule has 1 saturated carbocycles. The summed E-state index contributed by atoms with van der Waals surface area (Å²) in [6.07, 6.45) is 3.87. The monoisotopic (exact) mass is 291 g/mol. The van der Waals surface area contributed by atoms with Gasteiger partial charge in [-0.05, 0) is 43.9 Å². The molecule has 0 radical (unpaired) electrons. The maximum Gasteiger partial charge on any atom is 0.325 e. The Bertz CT molecular complexity index is 467. The molecule has 21 heavy (non-hydrogen) atoms. The van der Waals surface area contributed by atoms with Crippen LogP contribution in [-0.2, 0) is 16.0 Å². The topological polar surface area (TPSA) is 47.6 Å². The van der Waals surface area contributed by atoms with Gasteiger partial charge < -0.3 is 9.47 Å². The number of benzene rings is 1. The van der Waals surface area contributed by atoms with Crippen LogP contribution in [0.3, 0.4) is 0 Å². The van der Waals surface area contributed by atoms with Crippen LogP contribution in [0.1, 0.15) is 38.7 Å². The second-order valence-corrected chi connectivity index (χ2v) is 5.84. The molecule has 116 valence electrons. The number of carbonyl (C=O) groups is 1. The Morgan fingerprint density at radius 3 is 2.52 bits per heavy atom. The Labute approximate surface area is 126 Å². The van der Waals surface area contributed by atoms with Gasteiger partial charge in [-0.2, -0.15) is 0 Å². The van der Waals surface area contributed by atoms with Gasteiger partial charge in [-0.15, -0.1) is 0 Å². The van der Waals surface area contributed by atoms with Crippen LogP contribution >= 0.6 is 0 Å². The molecule has 0 heterocycles. The fourth-order valence-electron chi connectivity index (χ4n) is 2.33. The first-order chi connectivity index (χ1) is 10.1. The zero-order chi connectivity index (χ0) is 15.3. The van der Waals surface area contributed by atoms with E-state index in [-0.39, 0.29) is 5.97 Å². The van der Waals surface area contributed by atoms with Crippen molar-refractivity contribution in [1.82, 2.24) is 5.32 Å². The van der Waals surface area contributed by atoms with Crippen molar-refractivity contribution < 1.29 is 14.3 Å². The molecular weight excluding hydrogens is 266 g/mol. The van der Waals surface area contributed by atoms with Crippen molar-refractivity contribution in [2.75, 3.05) is 13.7 Å². The molecule has 0 saturated heterocycles. The van der Waals surface area contributed by atoms with Crippen molar-refractivity contribution in [2.45, 2.75) is 51.1 Å². The van der Waals surface area contributed by atoms with Gasteiger partial charge in [0.1, 0.15) is 11.3 Å². The van der Waals surface area contributed by atoms with E-state index in [1.165, 1.54) is 12.7 Å². The minimum absolute atomic E-state index is 0.223. The summed E-state index contributed by atoms with van der Waals surface area (Å²) >= 11 is 0. The maximum absolute atomic E-state index is 12.0. The Balaban J connectivity index is 1.87. The summed E-state index contributed by atoms with van der Waals surface area (Å²) in [5, 5.41) is 3.37. The number of aryl methyl sites for hydroxylation is 1. The summed E-state index contributed by atoms with van der Waals surface area (Å²) in [5.74, 6) is 0.616. The summed E-state index contributed by atoms with van der Waals surface area (Å²) in [4.78, 5) is 12.0. The van der Waals surface area contributed by atoms with Crippen molar-refractivity contribution in [3.05, 3.63) is 29.8 Å². The highest BCUT2D eigenvalue weighted by Gasteiger charge is 2.39. The van der Waals surface area contributed by atoms with E-state index in [9.17, 15) is 4.79 Å². The standard InChI is InChI=1S/C17H25NO3/c1-4-13-5-9-15(10-6-13)21-12-11-17(2,16(19)20-3)18-14-7-8-14/h5-6,9-10,14,18H,4,7-8,11-12H2,1-3H3. The van der Waals surface area contributed by atoms with Crippen LogP contribution in [0.4, 0.5) is 0 Å². The molecule has 1 aromatic carbocycles. The molecule has 0 bridgehead atoms. The zero-order valence-corrected chi connectivity index (χ0v) is 13.1. The molecule has 0 aromatic heterocycles. The molecule has 1 N–H and O–H groups in total. The first kappa shape index (κ1) is 15.8. The SMILES string of the molecule is CCc1ccc(OCCC(C)(NC2CC2)C(=O)OC)cc1. The summed E-state index contributed by atoms with van der Waals surface area (Å²) in [7, 11) is 1.43. The molecule has 1 fully saturated rings. The fraction of sp³-hybridized carbons (Fsp3) is 0.588. The Morgan fingerprint density at radius 1 is 1.33 bits per heavy atom. The molecule has 1 aliphatic carbocycles. The largest absolute Gasteiger partial charge is 0.494 e. The smallest absolute Gasteiger partial charge is 0.325 e. The van der Waals surface area contributed by atoms with Crippen LogP contribution in [0.5, 0.6) is 5.75 Å². The normalized spacial score (nSPS) is 17.1. The lowest BCUT2D eigenvalue weighted by molar-refractivity contribution is -0.148. The van der Waals surface area contributed by atoms with E-state index in [0.717, 1.165) is 25.0 Å². The maximum atomic E-state index is 12.0. The number of esters is 1. The second kappa shape index (κ2) is 6.94. The lowest BCUT2D eigenvalue weighted by Gasteiger charge is -2.28. The van der Waals surface area contributed by atoms with Crippen LogP contribution in [0.15, 0.2) is 24.3 Å². The van der Waals surface area contributed by atoms with Crippen LogP contribution in [-0.4, -0.2) is 31.3 Å². The Morgan fingerprint density at radius 2 is 2.00 bits per heavy atom. The molecule has 1 unspecified atom stereocenters. The van der Waals surface area contributed by atoms with E-state index in [0.29, 0.717) is 19.1 Å². The van der Waals surface area contributed by atoms with E-state index >= 15 is 0 Å². The van der Waals surface area contributed by atoms with Crippen LogP contribution in [0.25, 0.3) is 0 Å². The zero-order valence-electron chi connectivity index (χ0n) is 13.1. The quantitative estimate of drug-likeness (QED) is 0.748. The first-order valence-corrected chi connectivity index (χ1v) is 7.65. The number of hydrogen-bond acceptors (Lipinski definition) is 4. The minimum Gasteiger partial charge on any atom is -0.494 e. The van der Waals surface area contributed by atoms with E-state index < -0.39 is 5.54 Å². The van der Waals surface area contributed by atoms with Gasteiger partial charge in [-0.3, -0.25) is 10.1 Å². The van der Waals surface area contributed by atoms with Crippen LogP contribution < -0.4 is 10.1 Å². The van der Waals surface area contributed by atoms with Gasteiger partial charge in [0.2, 0.25) is 0 Å². The fourth-order valence-corrected chi connectivity index (χ4v) is 2.33. The lowest BCUT2D eigenvalue weighted by Crippen LogP contribution is -2.52. The number of ether oxygens (including phenoxy) is 2. The predicted molar refractivity (Wildman–Crippen MR) is 82.5 cm³/mol. The molecule has 1 atom stereocenters. The number of nitrogens with one attached hydrogen (secondary N) is 1. The molecular formula is C17H25NO3. The number of rotatable bonds is 8. The summed E-state index contributed by atoms with van der Waals surface area (Å²) in [5.41, 5.74) is 0.622. The van der Waals surface area contributed by atoms with Gasteiger partial charge in [0.25, 0.3) is 0 Å². The third-order valence-electron chi connectivity index (χ3n) is 3.94. The highest BCUT2D eigenvalue weighted by molar-refractivity contribution is 5.80. The first-order valence-electron chi connectivity index (χ1n) is 7.65. The Hall–Kier alpha value is -1.55. The van der Waals surface area contributed by atoms with Crippen molar-refractivity contribution in [3.63, 3.8) is 0 Å². The number of hydrogen-bond donors (Lipinski definition) is 1. The van der Waals surface area contributed by atoms with Crippen molar-refractivity contribution in [2.24, 2.45) is 0 Å². The molecule has 4 nitrogen and oxygen atoms in total. The van der Waals surface area contributed by atoms with Gasteiger partial charge in [0.15, 0.2) is 0 Å². The van der Waals surface area contributed by atoms with E-state index in [1.54, 1.807) is 0 Å². The average Bonchev–Trinajstić information content (AvgIpc) is 3.30. The third-order valence-corrected chi connectivity index (χ3v) is 3.94. The molecule has 2 rings (SSSR count). The van der Waals surface area contributed by atoms with Gasteiger partial charge >= 0.3 is 5.97 Å². The second-order valence-electron chi connectivity index (χ2n) is 5.84. The highest BCUT2D eigenvalue weighted by atomic mass is 16.5. The molecule has 1 aromatic rings. The van der Waals surface area contributed by atoms with Crippen LogP contribution in [0, 0.1) is 0 Å². The summed E-state index contributed by atoms with van der Waals surface area (Å²) in [6.45, 7) is 4.50. The molecule has 0 aliphatic heterocycles. The number of carbonyl (C=O) groups excluding carboxylic acids is 1. The van der Waals surface area contributed by atoms with Crippen molar-refractivity contribution in [3.8, 4) is 5.75 Å². The average molecular weight is 291 g/mol. The lowest BCUT2D eigenvalue weighted by atomic mass is 9.98. The third kappa shape index (κ3) is 4.46. The summed E-state index contributed by atoms with van der Waals surface area (Å²) in [6, 6.07) is 8.53. The molecule has 0 amide bonds. The van der Waals surface area contributed by atoms with Gasteiger partial charge in [-0.25, -0.2) is 0 Å². The predicted octanol–water partition coefficient (Wildman–Crippen LogP) is 2.70. The Kier molecular flexibility index (Phi) is 5.23. The minimum atomic E-state index is -0.667. The molecule has 0 spiro atoms. The highest BCUT2D eigenvalue weighted by Crippen LogP contribution is 2.25. The van der Waals surface area contributed by atoms with Crippen molar-refractivity contribution >= 4 is 5.97 Å². The van der Waals surface area contributed by atoms with Gasteiger partial charge in [-0.1, -0.05) is 19.1 Å². The molecule has 4 heteroatoms. The van der Waals surface area contributed by atoms with Gasteiger partial charge in [0, 0.05) is 12.5 Å². The van der Waals surface area contributed by atoms with E-state index in [2.05, 4.69) is 24.4 Å². The van der Waals surface area contributed by atoms with E-state index in [4.69, 9.17) is 9.47 Å². The molecule has 1 aliphatic rings. The van der Waals surface area contributed by atoms with E-state index in [1.807, 2.05) is 19.1 Å². The summed E-state index contributed by atoms with van der Waals surface area (Å²) < 4.78 is 10.7. The van der Waals surface area contributed by atoms with Crippen LogP contribution in [0.2, 0.25) is 0 Å². The van der Waals surface area contributed by atoms with Gasteiger partial charge in [0.05, 0.1) is 13.7 Å². The van der Waals surface area contributed by atoms with Crippen molar-refractivity contribution in [1.29, 1.82) is 0 Å². The number of methoxy groups -OCH3 is 1.